The number of aromatic nitrogens is 8. The van der Waals surface area contributed by atoms with Crippen LogP contribution in [0.3, 0.4) is 0 Å². The van der Waals surface area contributed by atoms with Crippen molar-refractivity contribution in [1.29, 1.82) is 0 Å². The molecule has 0 N–H and O–H groups in total. The molecule has 0 fully saturated rings. The van der Waals surface area contributed by atoms with Crippen LogP contribution in [0.25, 0.3) is 160 Å². The van der Waals surface area contributed by atoms with Gasteiger partial charge in [0, 0.05) is 11.1 Å². The third kappa shape index (κ3) is 13.2. The van der Waals surface area contributed by atoms with Crippen LogP contribution in [0.5, 0.6) is 0 Å². The second kappa shape index (κ2) is 28.9. The number of hydrogen-bond donors (Lipinski definition) is 0. The molecule has 6 aromatic carbocycles. The van der Waals surface area contributed by atoms with E-state index in [9.17, 15) is 0 Å². The van der Waals surface area contributed by atoms with Gasteiger partial charge in [0.1, 0.15) is 0 Å². The quantitative estimate of drug-likeness (QED) is 0.120. The van der Waals surface area contributed by atoms with Crippen LogP contribution in [-0.2, 0) is 39.0 Å². The minimum absolute atomic E-state index is 0. The van der Waals surface area contributed by atoms with Crippen LogP contribution in [0, 0.1) is 148 Å². The number of fused-ring (bicyclic) bond motifs is 16. The van der Waals surface area contributed by atoms with Gasteiger partial charge in [-0.05, 0) is 319 Å². The standard InChI is InChI=1S/C98H82N8.2Zn/c1-51-39-57(7)87(58(8)40-51)93-75-27-23-71(99-75)69(72-24-28-76(100-72)94(88-59(9)41-52(2)42-60(88)10)80-32-36-84(104-80)97(83-35-31-79(93)103-83)91-65(15)47-55(5)48-66(91)16)21-19-20-22-70-73-25-29-77(101-73)95(89-61(11)43-53(3)44-62(89)12)81-33-37-85(105-81)98(92-67(17)49-56(6)50-68(92)18)86-38-34-82(106-86)96(78-30-26-74(70)102-78)90-63(13)45-54(4)46-64(90)14;;/h23-50H,1-18H3;;/q-4;2*+2. The molecule has 8 nitrogen and oxygen atoms in total. The molecule has 518 valence electrons. The molecule has 0 amide bonds. The molecule has 0 aliphatic carbocycles. The molecule has 6 aromatic heterocycles. The van der Waals surface area contributed by atoms with Crippen molar-refractivity contribution in [3.05, 3.63) is 278 Å². The van der Waals surface area contributed by atoms with Gasteiger partial charge in [-0.25, -0.2) is 19.9 Å². The van der Waals surface area contributed by atoms with Crippen molar-refractivity contribution in [3.63, 3.8) is 0 Å². The Kier molecular flexibility index (Phi) is 19.7. The molecule has 0 saturated heterocycles. The minimum Gasteiger partial charge on any atom is -0.657 e. The zero-order valence-corrected chi connectivity index (χ0v) is 71.1. The van der Waals surface area contributed by atoms with E-state index in [4.69, 9.17) is 39.9 Å². The second-order valence-corrected chi connectivity index (χ2v) is 29.9. The van der Waals surface area contributed by atoms with E-state index in [1.54, 1.807) is 0 Å². The summed E-state index contributed by atoms with van der Waals surface area (Å²) >= 11 is 0. The average Bonchev–Trinajstić information content (AvgIpc) is 1.60. The molecule has 12 aromatic rings. The summed E-state index contributed by atoms with van der Waals surface area (Å²) in [4.78, 5) is 45.3. The molecule has 10 heterocycles. The Morgan fingerprint density at radius 1 is 0.194 bits per heavy atom. The number of hydrogen-bond acceptors (Lipinski definition) is 4. The van der Waals surface area contributed by atoms with Crippen molar-refractivity contribution in [2.75, 3.05) is 0 Å². The maximum Gasteiger partial charge on any atom is 2.00 e. The molecule has 4 aliphatic rings. The molecule has 4 aliphatic heterocycles. The van der Waals surface area contributed by atoms with E-state index >= 15 is 0 Å². The summed E-state index contributed by atoms with van der Waals surface area (Å²) in [7, 11) is 0. The Hall–Kier alpha value is -11.1. The Balaban J connectivity index is 0.00000488. The number of rotatable bonds is 6. The molecule has 0 atom stereocenters. The van der Waals surface area contributed by atoms with Crippen molar-refractivity contribution in [2.24, 2.45) is 0 Å². The molecular formula is C98H82N8Zn2. The summed E-state index contributed by atoms with van der Waals surface area (Å²) < 4.78 is 0. The Bertz CT molecular complexity index is 5910. The van der Waals surface area contributed by atoms with Crippen molar-refractivity contribution in [1.82, 2.24) is 39.9 Å². The summed E-state index contributed by atoms with van der Waals surface area (Å²) in [5, 5.41) is 0. The van der Waals surface area contributed by atoms with Crippen molar-refractivity contribution in [3.8, 4) is 90.4 Å². The maximum atomic E-state index is 5.68. The molecule has 0 saturated carbocycles. The van der Waals surface area contributed by atoms with Gasteiger partial charge in [0.25, 0.3) is 0 Å². The maximum absolute atomic E-state index is 5.68. The van der Waals surface area contributed by atoms with Gasteiger partial charge in [0.2, 0.25) is 0 Å². The van der Waals surface area contributed by atoms with Gasteiger partial charge in [-0.1, -0.05) is 167 Å². The van der Waals surface area contributed by atoms with E-state index in [-0.39, 0.29) is 39.0 Å². The first-order chi connectivity index (χ1) is 50.9. The van der Waals surface area contributed by atoms with Gasteiger partial charge in [-0.3, -0.25) is 0 Å². The Morgan fingerprint density at radius 3 is 0.528 bits per heavy atom. The van der Waals surface area contributed by atoms with Crippen molar-refractivity contribution < 1.29 is 39.0 Å². The summed E-state index contributed by atoms with van der Waals surface area (Å²) in [6.45, 7) is 39.2. The first kappa shape index (κ1) is 73.8. The second-order valence-electron chi connectivity index (χ2n) is 29.9. The van der Waals surface area contributed by atoms with E-state index in [2.05, 4.69) is 318 Å². The van der Waals surface area contributed by atoms with E-state index in [0.29, 0.717) is 33.5 Å². The van der Waals surface area contributed by atoms with Crippen LogP contribution in [0.15, 0.2) is 121 Å². The van der Waals surface area contributed by atoms with Crippen LogP contribution in [0.4, 0.5) is 0 Å². The third-order valence-electron chi connectivity index (χ3n) is 21.2. The number of aryl methyl sites for hydroxylation is 18. The Morgan fingerprint density at radius 2 is 0.343 bits per heavy atom. The van der Waals surface area contributed by atoms with Gasteiger partial charge in [0.15, 0.2) is 0 Å². The zero-order valence-electron chi connectivity index (χ0n) is 65.2. The van der Waals surface area contributed by atoms with Crippen LogP contribution in [0.2, 0.25) is 0 Å². The summed E-state index contributed by atoms with van der Waals surface area (Å²) in [6, 6.07) is 44.0. The molecule has 0 unspecified atom stereocenters. The van der Waals surface area contributed by atoms with Gasteiger partial charge in [-0.15, -0.1) is 44.1 Å². The molecule has 0 spiro atoms. The summed E-state index contributed by atoms with van der Waals surface area (Å²) in [6.07, 6.45) is 17.0. The Labute approximate surface area is 659 Å². The largest absolute Gasteiger partial charge is 2.00 e. The fourth-order valence-corrected chi connectivity index (χ4v) is 17.6. The third-order valence-corrected chi connectivity index (χ3v) is 21.2. The predicted molar refractivity (Wildman–Crippen MR) is 445 cm³/mol. The molecule has 108 heavy (non-hydrogen) atoms. The van der Waals surface area contributed by atoms with Crippen LogP contribution in [-0.4, -0.2) is 19.9 Å². The predicted octanol–water partition coefficient (Wildman–Crippen LogP) is 23.1. The van der Waals surface area contributed by atoms with Crippen molar-refractivity contribution in [2.45, 2.75) is 125 Å². The van der Waals surface area contributed by atoms with E-state index in [0.717, 1.165) is 201 Å². The zero-order chi connectivity index (χ0) is 74.0. The molecule has 0 radical (unpaired) electrons. The van der Waals surface area contributed by atoms with E-state index in [1.807, 2.05) is 0 Å². The molecule has 10 heteroatoms. The first-order valence-electron chi connectivity index (χ1n) is 36.5. The minimum atomic E-state index is 0. The number of nitrogens with zero attached hydrogens (tertiary/aromatic N) is 8. The molecular weight excluding hydrogens is 1420 g/mol. The van der Waals surface area contributed by atoms with E-state index in [1.165, 1.54) is 33.4 Å². The molecule has 16 rings (SSSR count). The normalized spacial score (nSPS) is 11.9. The van der Waals surface area contributed by atoms with Crippen LogP contribution in [0.1, 0.15) is 157 Å². The fourth-order valence-electron chi connectivity index (χ4n) is 17.6. The van der Waals surface area contributed by atoms with Crippen LogP contribution >= 0.6 is 0 Å². The summed E-state index contributed by atoms with van der Waals surface area (Å²) in [5.41, 5.74) is 46.6. The summed E-state index contributed by atoms with van der Waals surface area (Å²) in [5.74, 6) is 14.0. The van der Waals surface area contributed by atoms with Gasteiger partial charge in [0.05, 0.1) is 45.6 Å². The van der Waals surface area contributed by atoms with Gasteiger partial charge < -0.3 is 19.9 Å². The smallest absolute Gasteiger partial charge is 0.657 e. The topological polar surface area (TPSA) is 108 Å². The van der Waals surface area contributed by atoms with Crippen LogP contribution < -0.4 is 19.9 Å². The van der Waals surface area contributed by atoms with E-state index < -0.39 is 0 Å². The van der Waals surface area contributed by atoms with Gasteiger partial charge in [-0.2, -0.15) is 0 Å². The SMILES string of the molecule is Cc1cc(C)c(-c2c3nc(c(-c4c(C)cc(C)cc4C)c4ccc([n-]4)c(-c4c(C)cc(C)cc4C)c4nc(c(C#CC#Cc5c6nc(c(-c7c(C)cc(C)cc7C)c7ccc([n-]7)c(-c7c(C)cc(C)cc7C)c7nc(c(-c8c(C)cc(C)cc8C)c8ccc5[n-]8)C=C7)C=C6)c5ccc2[n-]5)C=C4)C=C3)c(C)c1.[Zn+2].[Zn+2]. The average molecular weight is 1500 g/mol. The van der Waals surface area contributed by atoms with Crippen molar-refractivity contribution >= 4 is 92.7 Å². The fraction of sp³-hybridized carbons (Fsp3) is 0.184. The number of benzene rings is 6. The van der Waals surface area contributed by atoms with Gasteiger partial charge >= 0.3 is 39.0 Å². The first-order valence-corrected chi connectivity index (χ1v) is 36.5. The monoisotopic (exact) mass is 1500 g/mol. The molecule has 16 bridgehead atoms.